The summed E-state index contributed by atoms with van der Waals surface area (Å²) in [5, 5.41) is 3.87. The van der Waals surface area contributed by atoms with Crippen LogP contribution < -0.4 is 10.1 Å². The maximum atomic E-state index is 11.9. The third-order valence-corrected chi connectivity index (χ3v) is 3.43. The Hall–Kier alpha value is -0.930. The summed E-state index contributed by atoms with van der Waals surface area (Å²) >= 11 is 11.8. The minimum absolute atomic E-state index is 0.139. The van der Waals surface area contributed by atoms with E-state index in [4.69, 9.17) is 27.9 Å². The smallest absolute Gasteiger partial charge is 0.260 e. The lowest BCUT2D eigenvalue weighted by atomic mass is 10.1. The summed E-state index contributed by atoms with van der Waals surface area (Å²) in [6.07, 6.45) is 1.20. The lowest BCUT2D eigenvalue weighted by Crippen LogP contribution is -2.42. The van der Waals surface area contributed by atoms with Crippen LogP contribution in [0.5, 0.6) is 5.75 Å². The Labute approximate surface area is 124 Å². The highest BCUT2D eigenvalue weighted by Crippen LogP contribution is 2.28. The monoisotopic (exact) mass is 303 g/mol. The van der Waals surface area contributed by atoms with Gasteiger partial charge in [0.1, 0.15) is 5.75 Å². The van der Waals surface area contributed by atoms with Crippen molar-refractivity contribution in [2.24, 2.45) is 0 Å². The first-order valence-corrected chi connectivity index (χ1v) is 7.15. The average Bonchev–Trinajstić information content (AvgIpc) is 2.38. The summed E-state index contributed by atoms with van der Waals surface area (Å²) in [4.78, 5) is 11.9. The Morgan fingerprint density at radius 2 is 1.95 bits per heavy atom. The van der Waals surface area contributed by atoms with Crippen LogP contribution in [-0.4, -0.2) is 18.1 Å². The van der Waals surface area contributed by atoms with Gasteiger partial charge in [0.15, 0.2) is 6.10 Å². The fourth-order valence-electron chi connectivity index (χ4n) is 1.63. The van der Waals surface area contributed by atoms with Crippen molar-refractivity contribution in [3.05, 3.63) is 28.2 Å². The second-order valence-corrected chi connectivity index (χ2v) is 5.20. The van der Waals surface area contributed by atoms with Gasteiger partial charge >= 0.3 is 0 Å². The van der Waals surface area contributed by atoms with E-state index in [0.29, 0.717) is 15.8 Å². The molecule has 0 aliphatic carbocycles. The molecule has 0 spiro atoms. The van der Waals surface area contributed by atoms with Crippen LogP contribution in [0.3, 0.4) is 0 Å². The largest absolute Gasteiger partial charge is 0.479 e. The summed E-state index contributed by atoms with van der Waals surface area (Å²) in [7, 11) is 0. The van der Waals surface area contributed by atoms with E-state index < -0.39 is 6.10 Å². The molecule has 1 aromatic carbocycles. The van der Waals surface area contributed by atoms with E-state index in [9.17, 15) is 4.79 Å². The number of rotatable bonds is 6. The molecule has 5 heteroatoms. The van der Waals surface area contributed by atoms with Gasteiger partial charge in [0.25, 0.3) is 5.91 Å². The standard InChI is InChI=1S/C14H19Cl2NO2/c1-4-11(5-2)17-14(18)9(3)19-13-7-6-10(15)8-12(13)16/h6-9,11H,4-5H2,1-3H3,(H,17,18)/t9-/m0/s1. The highest BCUT2D eigenvalue weighted by atomic mass is 35.5. The summed E-state index contributed by atoms with van der Waals surface area (Å²) < 4.78 is 5.55. The number of nitrogens with one attached hydrogen (secondary N) is 1. The topological polar surface area (TPSA) is 38.3 Å². The van der Waals surface area contributed by atoms with E-state index in [1.54, 1.807) is 25.1 Å². The molecule has 1 amide bonds. The van der Waals surface area contributed by atoms with Gasteiger partial charge in [-0.2, -0.15) is 0 Å². The van der Waals surface area contributed by atoms with E-state index in [0.717, 1.165) is 12.8 Å². The fraction of sp³-hybridized carbons (Fsp3) is 0.500. The van der Waals surface area contributed by atoms with Crippen LogP contribution in [0.4, 0.5) is 0 Å². The van der Waals surface area contributed by atoms with Gasteiger partial charge in [0.2, 0.25) is 0 Å². The molecule has 0 unspecified atom stereocenters. The van der Waals surface area contributed by atoms with E-state index >= 15 is 0 Å². The SMILES string of the molecule is CCC(CC)NC(=O)[C@H](C)Oc1ccc(Cl)cc1Cl. The zero-order valence-corrected chi connectivity index (χ0v) is 12.9. The first-order valence-electron chi connectivity index (χ1n) is 6.40. The van der Waals surface area contributed by atoms with Crippen molar-refractivity contribution < 1.29 is 9.53 Å². The van der Waals surface area contributed by atoms with Crippen molar-refractivity contribution in [1.82, 2.24) is 5.32 Å². The maximum Gasteiger partial charge on any atom is 0.260 e. The van der Waals surface area contributed by atoms with Gasteiger partial charge in [0, 0.05) is 11.1 Å². The predicted molar refractivity (Wildman–Crippen MR) is 79.1 cm³/mol. The predicted octanol–water partition coefficient (Wildman–Crippen LogP) is 4.07. The van der Waals surface area contributed by atoms with Crippen LogP contribution >= 0.6 is 23.2 Å². The second-order valence-electron chi connectivity index (χ2n) is 4.36. The molecule has 106 valence electrons. The number of hydrogen-bond acceptors (Lipinski definition) is 2. The normalized spacial score (nSPS) is 12.3. The van der Waals surface area contributed by atoms with E-state index in [1.165, 1.54) is 0 Å². The van der Waals surface area contributed by atoms with E-state index in [2.05, 4.69) is 5.32 Å². The molecule has 0 bridgehead atoms. The van der Waals surface area contributed by atoms with Gasteiger partial charge in [-0.15, -0.1) is 0 Å². The molecule has 0 aromatic heterocycles. The van der Waals surface area contributed by atoms with E-state index in [-0.39, 0.29) is 11.9 Å². The molecule has 3 nitrogen and oxygen atoms in total. The number of carbonyl (C=O) groups is 1. The van der Waals surface area contributed by atoms with Crippen LogP contribution in [0.2, 0.25) is 10.0 Å². The van der Waals surface area contributed by atoms with Gasteiger partial charge in [-0.1, -0.05) is 37.0 Å². The van der Waals surface area contributed by atoms with Crippen molar-refractivity contribution in [3.63, 3.8) is 0 Å². The molecule has 0 aliphatic rings. The molecule has 1 atom stereocenters. The number of halogens is 2. The molecule has 0 saturated heterocycles. The number of hydrogen-bond donors (Lipinski definition) is 1. The molecule has 0 saturated carbocycles. The third-order valence-electron chi connectivity index (χ3n) is 2.90. The van der Waals surface area contributed by atoms with Gasteiger partial charge in [0.05, 0.1) is 5.02 Å². The number of amides is 1. The van der Waals surface area contributed by atoms with Crippen LogP contribution in [0.25, 0.3) is 0 Å². The molecular formula is C14H19Cl2NO2. The van der Waals surface area contributed by atoms with Gasteiger partial charge in [-0.25, -0.2) is 0 Å². The van der Waals surface area contributed by atoms with Gasteiger partial charge in [-0.3, -0.25) is 4.79 Å². The third kappa shape index (κ3) is 4.92. The van der Waals surface area contributed by atoms with Crippen LogP contribution in [-0.2, 0) is 4.79 Å². The lowest BCUT2D eigenvalue weighted by molar-refractivity contribution is -0.128. The quantitative estimate of drug-likeness (QED) is 0.860. The van der Waals surface area contributed by atoms with Crippen LogP contribution in [0.1, 0.15) is 33.6 Å². The first kappa shape index (κ1) is 16.1. The van der Waals surface area contributed by atoms with Crippen molar-refractivity contribution >= 4 is 29.1 Å². The molecular weight excluding hydrogens is 285 g/mol. The summed E-state index contributed by atoms with van der Waals surface area (Å²) in [6, 6.07) is 5.10. The number of benzene rings is 1. The Bertz CT molecular complexity index is 433. The fourth-order valence-corrected chi connectivity index (χ4v) is 2.08. The van der Waals surface area contributed by atoms with Gasteiger partial charge < -0.3 is 10.1 Å². The summed E-state index contributed by atoms with van der Waals surface area (Å²) in [5.41, 5.74) is 0. The number of carbonyl (C=O) groups excluding carboxylic acids is 1. The Kier molecular flexibility index (Phi) is 6.46. The van der Waals surface area contributed by atoms with Crippen molar-refractivity contribution in [2.45, 2.75) is 45.8 Å². The zero-order valence-electron chi connectivity index (χ0n) is 11.4. The Morgan fingerprint density at radius 1 is 1.32 bits per heavy atom. The molecule has 0 heterocycles. The Morgan fingerprint density at radius 3 is 2.47 bits per heavy atom. The second kappa shape index (κ2) is 7.61. The first-order chi connectivity index (χ1) is 8.97. The lowest BCUT2D eigenvalue weighted by Gasteiger charge is -2.19. The van der Waals surface area contributed by atoms with Crippen molar-refractivity contribution in [3.8, 4) is 5.75 Å². The minimum atomic E-state index is -0.598. The maximum absolute atomic E-state index is 11.9. The molecule has 1 N–H and O–H groups in total. The van der Waals surface area contributed by atoms with Crippen molar-refractivity contribution in [2.75, 3.05) is 0 Å². The zero-order chi connectivity index (χ0) is 14.4. The molecule has 1 aromatic rings. The molecule has 0 fully saturated rings. The van der Waals surface area contributed by atoms with E-state index in [1.807, 2.05) is 13.8 Å². The van der Waals surface area contributed by atoms with Crippen LogP contribution in [0, 0.1) is 0 Å². The molecule has 1 rings (SSSR count). The minimum Gasteiger partial charge on any atom is -0.479 e. The average molecular weight is 304 g/mol. The summed E-state index contributed by atoms with van der Waals surface area (Å²) in [6.45, 7) is 5.77. The molecule has 19 heavy (non-hydrogen) atoms. The van der Waals surface area contributed by atoms with Crippen molar-refractivity contribution in [1.29, 1.82) is 0 Å². The van der Waals surface area contributed by atoms with Gasteiger partial charge in [-0.05, 0) is 38.0 Å². The number of ether oxygens (including phenoxy) is 1. The van der Waals surface area contributed by atoms with Crippen LogP contribution in [0.15, 0.2) is 18.2 Å². The highest BCUT2D eigenvalue weighted by Gasteiger charge is 2.18. The Balaban J connectivity index is 2.63. The molecule has 0 radical (unpaired) electrons. The summed E-state index contributed by atoms with van der Waals surface area (Å²) in [5.74, 6) is 0.318. The molecule has 0 aliphatic heterocycles. The highest BCUT2D eigenvalue weighted by molar-refractivity contribution is 6.35.